The van der Waals surface area contributed by atoms with Gasteiger partial charge in [0.25, 0.3) is 0 Å². The van der Waals surface area contributed by atoms with Crippen molar-refractivity contribution in [3.8, 4) is 5.75 Å². The van der Waals surface area contributed by atoms with E-state index in [0.717, 1.165) is 11.3 Å². The molecule has 0 saturated heterocycles. The Balaban J connectivity index is 2.38. The van der Waals surface area contributed by atoms with Crippen molar-refractivity contribution in [2.24, 2.45) is 0 Å². The summed E-state index contributed by atoms with van der Waals surface area (Å²) in [5.74, 6) is 0.794. The van der Waals surface area contributed by atoms with Crippen molar-refractivity contribution in [1.82, 2.24) is 10.6 Å². The van der Waals surface area contributed by atoms with Gasteiger partial charge in [0.05, 0.1) is 20.3 Å². The molecule has 0 aliphatic heterocycles. The lowest BCUT2D eigenvalue weighted by atomic mass is 10.1. The number of hydrogen-bond acceptors (Lipinski definition) is 4. The summed E-state index contributed by atoms with van der Waals surface area (Å²) in [4.78, 5) is 11.7. The van der Waals surface area contributed by atoms with Gasteiger partial charge in [-0.15, -0.1) is 0 Å². The number of carbonyl (C=O) groups is 1. The molecular formula is C15H24N2O3. The molecule has 1 aromatic carbocycles. The lowest BCUT2D eigenvalue weighted by Gasteiger charge is -2.16. The van der Waals surface area contributed by atoms with Crippen LogP contribution in [0.15, 0.2) is 24.3 Å². The maximum atomic E-state index is 11.7. The fourth-order valence-electron chi connectivity index (χ4n) is 1.87. The molecular weight excluding hydrogens is 256 g/mol. The van der Waals surface area contributed by atoms with Gasteiger partial charge in [-0.25, -0.2) is 0 Å². The third-order valence-electron chi connectivity index (χ3n) is 3.01. The lowest BCUT2D eigenvalue weighted by molar-refractivity contribution is -0.121. The molecule has 2 unspecified atom stereocenters. The average Bonchev–Trinajstić information content (AvgIpc) is 2.45. The van der Waals surface area contributed by atoms with Crippen molar-refractivity contribution < 1.29 is 14.3 Å². The van der Waals surface area contributed by atoms with Crippen molar-refractivity contribution in [2.75, 3.05) is 27.4 Å². The van der Waals surface area contributed by atoms with Crippen LogP contribution in [0.3, 0.4) is 0 Å². The molecule has 0 heterocycles. The van der Waals surface area contributed by atoms with Crippen LogP contribution < -0.4 is 15.4 Å². The van der Waals surface area contributed by atoms with Crippen LogP contribution in [-0.2, 0) is 9.53 Å². The average molecular weight is 280 g/mol. The van der Waals surface area contributed by atoms with Crippen LogP contribution in [0.25, 0.3) is 0 Å². The monoisotopic (exact) mass is 280 g/mol. The number of carbonyl (C=O) groups excluding carboxylic acids is 1. The lowest BCUT2D eigenvalue weighted by Crippen LogP contribution is -2.41. The van der Waals surface area contributed by atoms with Gasteiger partial charge in [0.1, 0.15) is 5.75 Å². The van der Waals surface area contributed by atoms with Gasteiger partial charge in [0.2, 0.25) is 5.91 Å². The molecule has 0 fully saturated rings. The summed E-state index contributed by atoms with van der Waals surface area (Å²) in [5.41, 5.74) is 1.11. The highest BCUT2D eigenvalue weighted by molar-refractivity contribution is 5.78. The molecule has 20 heavy (non-hydrogen) atoms. The second-order valence-corrected chi connectivity index (χ2v) is 4.80. The molecule has 1 aromatic rings. The second kappa shape index (κ2) is 8.55. The molecule has 0 aliphatic rings. The van der Waals surface area contributed by atoms with Crippen LogP contribution in [0.2, 0.25) is 0 Å². The standard InChI is InChI=1S/C15H24N2O3/c1-11(10-19-3)17-15(18)9-16-12(2)13-5-7-14(20-4)8-6-13/h5-8,11-12,16H,9-10H2,1-4H3,(H,17,18). The first kappa shape index (κ1) is 16.5. The van der Waals surface area contributed by atoms with Gasteiger partial charge in [-0.3, -0.25) is 4.79 Å². The minimum atomic E-state index is -0.0325. The van der Waals surface area contributed by atoms with Crippen molar-refractivity contribution >= 4 is 5.91 Å². The third kappa shape index (κ3) is 5.59. The Labute approximate surface area is 120 Å². The fourth-order valence-corrected chi connectivity index (χ4v) is 1.87. The smallest absolute Gasteiger partial charge is 0.234 e. The molecule has 0 spiro atoms. The first-order valence-electron chi connectivity index (χ1n) is 6.72. The third-order valence-corrected chi connectivity index (χ3v) is 3.01. The molecule has 2 atom stereocenters. The maximum absolute atomic E-state index is 11.7. The molecule has 0 aromatic heterocycles. The summed E-state index contributed by atoms with van der Waals surface area (Å²) < 4.78 is 10.1. The van der Waals surface area contributed by atoms with Gasteiger partial charge in [-0.2, -0.15) is 0 Å². The van der Waals surface area contributed by atoms with Gasteiger partial charge < -0.3 is 20.1 Å². The molecule has 0 radical (unpaired) electrons. The van der Waals surface area contributed by atoms with E-state index >= 15 is 0 Å². The topological polar surface area (TPSA) is 59.6 Å². The van der Waals surface area contributed by atoms with E-state index in [1.165, 1.54) is 0 Å². The second-order valence-electron chi connectivity index (χ2n) is 4.80. The van der Waals surface area contributed by atoms with Crippen molar-refractivity contribution in [1.29, 1.82) is 0 Å². The Morgan fingerprint density at radius 3 is 2.40 bits per heavy atom. The normalized spacial score (nSPS) is 13.6. The van der Waals surface area contributed by atoms with E-state index in [1.54, 1.807) is 14.2 Å². The zero-order chi connectivity index (χ0) is 15.0. The number of nitrogens with one attached hydrogen (secondary N) is 2. The highest BCUT2D eigenvalue weighted by Crippen LogP contribution is 2.16. The Morgan fingerprint density at radius 1 is 1.20 bits per heavy atom. The van der Waals surface area contributed by atoms with Crippen LogP contribution in [0, 0.1) is 0 Å². The van der Waals surface area contributed by atoms with E-state index < -0.39 is 0 Å². The molecule has 0 bridgehead atoms. The predicted molar refractivity (Wildman–Crippen MR) is 78.9 cm³/mol. The zero-order valence-corrected chi connectivity index (χ0v) is 12.6. The van der Waals surface area contributed by atoms with Gasteiger partial charge in [0.15, 0.2) is 0 Å². The highest BCUT2D eigenvalue weighted by Gasteiger charge is 2.10. The van der Waals surface area contributed by atoms with Gasteiger partial charge in [-0.1, -0.05) is 12.1 Å². The molecule has 112 valence electrons. The molecule has 1 rings (SSSR count). The van der Waals surface area contributed by atoms with Gasteiger partial charge in [-0.05, 0) is 31.5 Å². The van der Waals surface area contributed by atoms with Crippen molar-refractivity contribution in [3.63, 3.8) is 0 Å². The van der Waals surface area contributed by atoms with Crippen LogP contribution in [0.1, 0.15) is 25.5 Å². The zero-order valence-electron chi connectivity index (χ0n) is 12.6. The quantitative estimate of drug-likeness (QED) is 0.757. The first-order chi connectivity index (χ1) is 9.56. The molecule has 1 amide bonds. The van der Waals surface area contributed by atoms with E-state index in [4.69, 9.17) is 9.47 Å². The molecule has 0 saturated carbocycles. The predicted octanol–water partition coefficient (Wildman–Crippen LogP) is 1.50. The van der Waals surface area contributed by atoms with Gasteiger partial charge >= 0.3 is 0 Å². The van der Waals surface area contributed by atoms with E-state index in [1.807, 2.05) is 38.1 Å². The number of benzene rings is 1. The number of ether oxygens (including phenoxy) is 2. The first-order valence-corrected chi connectivity index (χ1v) is 6.72. The van der Waals surface area contributed by atoms with Crippen molar-refractivity contribution in [3.05, 3.63) is 29.8 Å². The highest BCUT2D eigenvalue weighted by atomic mass is 16.5. The molecule has 5 heteroatoms. The summed E-state index contributed by atoms with van der Waals surface area (Å²) in [6.45, 7) is 4.73. The number of amides is 1. The Bertz CT molecular complexity index is 406. The fraction of sp³-hybridized carbons (Fsp3) is 0.533. The number of rotatable bonds is 8. The largest absolute Gasteiger partial charge is 0.497 e. The van der Waals surface area contributed by atoms with Crippen LogP contribution in [-0.4, -0.2) is 39.3 Å². The molecule has 0 aliphatic carbocycles. The summed E-state index contributed by atoms with van der Waals surface area (Å²) in [7, 11) is 3.26. The van der Waals surface area contributed by atoms with E-state index in [9.17, 15) is 4.79 Å². The number of methoxy groups -OCH3 is 2. The van der Waals surface area contributed by atoms with E-state index in [-0.39, 0.29) is 24.5 Å². The van der Waals surface area contributed by atoms with Crippen LogP contribution in [0.5, 0.6) is 5.75 Å². The SMILES string of the molecule is COCC(C)NC(=O)CNC(C)c1ccc(OC)cc1. The molecule has 5 nitrogen and oxygen atoms in total. The minimum Gasteiger partial charge on any atom is -0.497 e. The van der Waals surface area contributed by atoms with E-state index in [2.05, 4.69) is 10.6 Å². The maximum Gasteiger partial charge on any atom is 0.234 e. The Hall–Kier alpha value is -1.59. The van der Waals surface area contributed by atoms with Crippen LogP contribution in [0.4, 0.5) is 0 Å². The summed E-state index contributed by atoms with van der Waals surface area (Å²) in [6, 6.07) is 7.92. The van der Waals surface area contributed by atoms with Gasteiger partial charge in [0, 0.05) is 19.2 Å². The number of hydrogen-bond donors (Lipinski definition) is 2. The summed E-state index contributed by atoms with van der Waals surface area (Å²) in [6.07, 6.45) is 0. The Morgan fingerprint density at radius 2 is 1.85 bits per heavy atom. The Kier molecular flexibility index (Phi) is 7.04. The van der Waals surface area contributed by atoms with Crippen LogP contribution >= 0.6 is 0 Å². The van der Waals surface area contributed by atoms with Crippen molar-refractivity contribution in [2.45, 2.75) is 25.9 Å². The summed E-state index contributed by atoms with van der Waals surface area (Å²) in [5, 5.41) is 6.05. The summed E-state index contributed by atoms with van der Waals surface area (Å²) >= 11 is 0. The minimum absolute atomic E-state index is 0.0191. The van der Waals surface area contributed by atoms with E-state index in [0.29, 0.717) is 6.61 Å². The molecule has 2 N–H and O–H groups in total.